The van der Waals surface area contributed by atoms with E-state index in [4.69, 9.17) is 9.47 Å². The van der Waals surface area contributed by atoms with Gasteiger partial charge in [0.1, 0.15) is 0 Å². The molecular formula is C13H26O2. The summed E-state index contributed by atoms with van der Waals surface area (Å²) < 4.78 is 11.2. The first-order chi connectivity index (χ1) is 7.33. The number of rotatable bonds is 7. The molecule has 1 aliphatic rings. The molecule has 0 aliphatic heterocycles. The first kappa shape index (κ1) is 13.0. The SMILES string of the molecule is CCC(C)OCCOCC1CCCCC1. The van der Waals surface area contributed by atoms with Crippen LogP contribution in [-0.4, -0.2) is 25.9 Å². The monoisotopic (exact) mass is 214 g/mol. The summed E-state index contributed by atoms with van der Waals surface area (Å²) in [5, 5.41) is 0. The van der Waals surface area contributed by atoms with E-state index in [1.165, 1.54) is 32.1 Å². The molecule has 0 spiro atoms. The molecule has 0 saturated heterocycles. The Labute approximate surface area is 94.3 Å². The van der Waals surface area contributed by atoms with Crippen molar-refractivity contribution in [3.63, 3.8) is 0 Å². The molecule has 0 radical (unpaired) electrons. The zero-order chi connectivity index (χ0) is 10.9. The normalized spacial score (nSPS) is 20.4. The predicted molar refractivity (Wildman–Crippen MR) is 63.1 cm³/mol. The lowest BCUT2D eigenvalue weighted by Gasteiger charge is -2.21. The molecule has 90 valence electrons. The Bertz CT molecular complexity index is 141. The Morgan fingerprint density at radius 1 is 1.13 bits per heavy atom. The van der Waals surface area contributed by atoms with Crippen LogP contribution < -0.4 is 0 Å². The van der Waals surface area contributed by atoms with Crippen molar-refractivity contribution in [2.75, 3.05) is 19.8 Å². The van der Waals surface area contributed by atoms with Gasteiger partial charge in [-0.25, -0.2) is 0 Å². The quantitative estimate of drug-likeness (QED) is 0.605. The Hall–Kier alpha value is -0.0800. The highest BCUT2D eigenvalue weighted by molar-refractivity contribution is 4.64. The second kappa shape index (κ2) is 8.12. The van der Waals surface area contributed by atoms with Crippen LogP contribution in [0.15, 0.2) is 0 Å². The zero-order valence-corrected chi connectivity index (χ0v) is 10.3. The summed E-state index contributed by atoms with van der Waals surface area (Å²) in [4.78, 5) is 0. The minimum atomic E-state index is 0.378. The van der Waals surface area contributed by atoms with Gasteiger partial charge in [-0.3, -0.25) is 0 Å². The summed E-state index contributed by atoms with van der Waals surface area (Å²) in [6, 6.07) is 0. The van der Waals surface area contributed by atoms with Crippen LogP contribution in [0.2, 0.25) is 0 Å². The van der Waals surface area contributed by atoms with Gasteiger partial charge < -0.3 is 9.47 Å². The van der Waals surface area contributed by atoms with Gasteiger partial charge in [0.15, 0.2) is 0 Å². The van der Waals surface area contributed by atoms with Gasteiger partial charge in [-0.05, 0) is 32.1 Å². The van der Waals surface area contributed by atoms with Crippen LogP contribution in [0.1, 0.15) is 52.4 Å². The summed E-state index contributed by atoms with van der Waals surface area (Å²) in [5.41, 5.74) is 0. The van der Waals surface area contributed by atoms with E-state index in [0.29, 0.717) is 6.10 Å². The van der Waals surface area contributed by atoms with E-state index in [0.717, 1.165) is 32.2 Å². The van der Waals surface area contributed by atoms with Gasteiger partial charge in [-0.15, -0.1) is 0 Å². The van der Waals surface area contributed by atoms with Crippen LogP contribution in [0.25, 0.3) is 0 Å². The van der Waals surface area contributed by atoms with Crippen LogP contribution in [0.4, 0.5) is 0 Å². The van der Waals surface area contributed by atoms with Crippen LogP contribution >= 0.6 is 0 Å². The summed E-state index contributed by atoms with van der Waals surface area (Å²) in [7, 11) is 0. The van der Waals surface area contributed by atoms with E-state index in [1.807, 2.05) is 0 Å². The molecule has 2 heteroatoms. The Balaban J connectivity index is 1.87. The van der Waals surface area contributed by atoms with Gasteiger partial charge >= 0.3 is 0 Å². The maximum Gasteiger partial charge on any atom is 0.0704 e. The van der Waals surface area contributed by atoms with Crippen molar-refractivity contribution in [3.05, 3.63) is 0 Å². The van der Waals surface area contributed by atoms with Crippen LogP contribution in [0.3, 0.4) is 0 Å². The zero-order valence-electron chi connectivity index (χ0n) is 10.3. The maximum atomic E-state index is 5.64. The molecule has 1 fully saturated rings. The smallest absolute Gasteiger partial charge is 0.0704 e. The summed E-state index contributed by atoms with van der Waals surface area (Å²) >= 11 is 0. The number of hydrogen-bond acceptors (Lipinski definition) is 2. The molecule has 0 aromatic heterocycles. The lowest BCUT2D eigenvalue weighted by atomic mass is 9.90. The molecule has 0 aromatic carbocycles. The van der Waals surface area contributed by atoms with Gasteiger partial charge in [0.25, 0.3) is 0 Å². The van der Waals surface area contributed by atoms with Crippen molar-refractivity contribution in [3.8, 4) is 0 Å². The number of hydrogen-bond donors (Lipinski definition) is 0. The van der Waals surface area contributed by atoms with Gasteiger partial charge in [0.2, 0.25) is 0 Å². The van der Waals surface area contributed by atoms with Crippen molar-refractivity contribution < 1.29 is 9.47 Å². The summed E-state index contributed by atoms with van der Waals surface area (Å²) in [6.45, 7) is 6.72. The molecule has 1 saturated carbocycles. The van der Waals surface area contributed by atoms with Crippen molar-refractivity contribution >= 4 is 0 Å². The molecule has 1 atom stereocenters. The minimum Gasteiger partial charge on any atom is -0.379 e. The molecule has 0 heterocycles. The van der Waals surface area contributed by atoms with E-state index in [-0.39, 0.29) is 0 Å². The highest BCUT2D eigenvalue weighted by Crippen LogP contribution is 2.23. The van der Waals surface area contributed by atoms with Crippen LogP contribution in [0, 0.1) is 5.92 Å². The third-order valence-corrected chi connectivity index (χ3v) is 3.28. The largest absolute Gasteiger partial charge is 0.379 e. The average Bonchev–Trinajstić information content (AvgIpc) is 2.29. The van der Waals surface area contributed by atoms with Crippen molar-refractivity contribution in [2.45, 2.75) is 58.5 Å². The van der Waals surface area contributed by atoms with E-state index in [9.17, 15) is 0 Å². The van der Waals surface area contributed by atoms with Crippen molar-refractivity contribution in [1.82, 2.24) is 0 Å². The fourth-order valence-electron chi connectivity index (χ4n) is 2.03. The summed E-state index contributed by atoms with van der Waals surface area (Å²) in [5.74, 6) is 0.822. The van der Waals surface area contributed by atoms with E-state index < -0.39 is 0 Å². The fraction of sp³-hybridized carbons (Fsp3) is 1.00. The minimum absolute atomic E-state index is 0.378. The van der Waals surface area contributed by atoms with E-state index in [1.54, 1.807) is 0 Å². The molecule has 15 heavy (non-hydrogen) atoms. The first-order valence-corrected chi connectivity index (χ1v) is 6.52. The molecule has 1 unspecified atom stereocenters. The Morgan fingerprint density at radius 3 is 2.53 bits per heavy atom. The maximum absolute atomic E-state index is 5.64. The van der Waals surface area contributed by atoms with Gasteiger partial charge in [-0.2, -0.15) is 0 Å². The van der Waals surface area contributed by atoms with Crippen LogP contribution in [0.5, 0.6) is 0 Å². The highest BCUT2D eigenvalue weighted by atomic mass is 16.5. The standard InChI is InChI=1S/C13H26O2/c1-3-12(2)15-10-9-14-11-13-7-5-4-6-8-13/h12-13H,3-11H2,1-2H3. The molecule has 1 aliphatic carbocycles. The molecule has 0 bridgehead atoms. The summed E-state index contributed by atoms with van der Waals surface area (Å²) in [6.07, 6.45) is 8.42. The molecule has 0 amide bonds. The fourth-order valence-corrected chi connectivity index (χ4v) is 2.03. The molecule has 1 rings (SSSR count). The van der Waals surface area contributed by atoms with Crippen molar-refractivity contribution in [1.29, 1.82) is 0 Å². The molecule has 0 N–H and O–H groups in total. The van der Waals surface area contributed by atoms with E-state index >= 15 is 0 Å². The van der Waals surface area contributed by atoms with Gasteiger partial charge in [0.05, 0.1) is 19.3 Å². The molecule has 2 nitrogen and oxygen atoms in total. The van der Waals surface area contributed by atoms with E-state index in [2.05, 4.69) is 13.8 Å². The van der Waals surface area contributed by atoms with Crippen molar-refractivity contribution in [2.24, 2.45) is 5.92 Å². The number of ether oxygens (including phenoxy) is 2. The second-order valence-corrected chi connectivity index (χ2v) is 4.67. The highest BCUT2D eigenvalue weighted by Gasteiger charge is 2.12. The Kier molecular flexibility index (Phi) is 7.03. The Morgan fingerprint density at radius 2 is 1.87 bits per heavy atom. The van der Waals surface area contributed by atoms with Gasteiger partial charge in [-0.1, -0.05) is 26.2 Å². The molecular weight excluding hydrogens is 188 g/mol. The average molecular weight is 214 g/mol. The molecule has 0 aromatic rings. The lowest BCUT2D eigenvalue weighted by molar-refractivity contribution is -0.000655. The predicted octanol–water partition coefficient (Wildman–Crippen LogP) is 3.40. The van der Waals surface area contributed by atoms with Gasteiger partial charge in [0, 0.05) is 6.61 Å². The third-order valence-electron chi connectivity index (χ3n) is 3.28. The lowest BCUT2D eigenvalue weighted by Crippen LogP contribution is -2.17. The second-order valence-electron chi connectivity index (χ2n) is 4.67. The third kappa shape index (κ3) is 6.16. The van der Waals surface area contributed by atoms with Crippen LogP contribution in [-0.2, 0) is 9.47 Å². The first-order valence-electron chi connectivity index (χ1n) is 6.52. The topological polar surface area (TPSA) is 18.5 Å².